The van der Waals surface area contributed by atoms with E-state index in [4.69, 9.17) is 4.74 Å². The summed E-state index contributed by atoms with van der Waals surface area (Å²) in [6.07, 6.45) is 3.31. The van der Waals surface area contributed by atoms with Crippen LogP contribution in [0.25, 0.3) is 0 Å². The normalized spacial score (nSPS) is 26.9. The Labute approximate surface area is 551 Å². The Morgan fingerprint density at radius 2 is 0.935 bits per heavy atom. The van der Waals surface area contributed by atoms with Crippen molar-refractivity contribution in [3.8, 4) is 0 Å². The molecule has 25 nitrogen and oxygen atoms in total. The zero-order valence-corrected chi connectivity index (χ0v) is 60.9. The number of methoxy groups -OCH3 is 1. The number of ether oxygens (including phenoxy) is 1. The number of amides is 11. The Morgan fingerprint density at radius 1 is 0.500 bits per heavy atom. The number of aliphatic hydroxyl groups excluding tert-OH is 1. The van der Waals surface area contributed by atoms with Gasteiger partial charge < -0.3 is 70.3 Å². The summed E-state index contributed by atoms with van der Waals surface area (Å²) in [5.41, 5.74) is 0. The van der Waals surface area contributed by atoms with E-state index in [1.165, 1.54) is 99.7 Å². The lowest BCUT2D eigenvalue weighted by Gasteiger charge is -2.41. The summed E-state index contributed by atoms with van der Waals surface area (Å²) in [5.74, 6) is -10.5. The van der Waals surface area contributed by atoms with E-state index in [9.17, 15) is 29.1 Å². The molecule has 92 heavy (non-hydrogen) atoms. The number of nitrogens with one attached hydrogen (secondary N) is 4. The van der Waals surface area contributed by atoms with Crippen LogP contribution in [0.3, 0.4) is 0 Å². The van der Waals surface area contributed by atoms with Crippen molar-refractivity contribution < 1.29 is 62.6 Å². The highest BCUT2D eigenvalue weighted by molar-refractivity contribution is 6.00. The Hall–Kier alpha value is -6.21. The van der Waals surface area contributed by atoms with Crippen LogP contribution in [0.15, 0.2) is 12.2 Å². The molecule has 5 N–H and O–H groups in total. The smallest absolute Gasteiger partial charge is 0.246 e. The first-order valence-electron chi connectivity index (χ1n) is 33.1. The maximum Gasteiger partial charge on any atom is 0.246 e. The van der Waals surface area contributed by atoms with Crippen molar-refractivity contribution in [3.05, 3.63) is 12.2 Å². The molecule has 25 heteroatoms. The van der Waals surface area contributed by atoms with Gasteiger partial charge in [0.1, 0.15) is 66.5 Å². The van der Waals surface area contributed by atoms with Crippen LogP contribution in [0.1, 0.15) is 156 Å². The average Bonchev–Trinajstić information content (AvgIpc) is 0.821. The third-order valence-electron chi connectivity index (χ3n) is 17.7. The lowest BCUT2D eigenvalue weighted by Crippen LogP contribution is -2.64. The molecule has 0 radical (unpaired) electrons. The van der Waals surface area contributed by atoms with E-state index in [-0.39, 0.29) is 56.5 Å². The minimum Gasteiger partial charge on any atom is -0.390 e. The number of carbonyl (C=O) groups excluding carboxylic acids is 11. The molecule has 0 bridgehead atoms. The van der Waals surface area contributed by atoms with Gasteiger partial charge in [-0.3, -0.25) is 52.7 Å². The molecule has 11 amide bonds. The van der Waals surface area contributed by atoms with Crippen molar-refractivity contribution in [2.75, 3.05) is 83.7 Å². The summed E-state index contributed by atoms with van der Waals surface area (Å²) in [5, 5.41) is 23.4. The summed E-state index contributed by atoms with van der Waals surface area (Å²) in [4.78, 5) is 174. The summed E-state index contributed by atoms with van der Waals surface area (Å²) >= 11 is 0. The van der Waals surface area contributed by atoms with E-state index in [0.717, 1.165) is 4.90 Å². The number of hydrogen-bond donors (Lipinski definition) is 5. The van der Waals surface area contributed by atoms with Crippen LogP contribution in [-0.4, -0.2) is 266 Å². The van der Waals surface area contributed by atoms with Gasteiger partial charge in [-0.15, -0.1) is 0 Å². The maximum atomic E-state index is 15.3. The molecule has 528 valence electrons. The fourth-order valence-corrected chi connectivity index (χ4v) is 12.0. The van der Waals surface area contributed by atoms with Gasteiger partial charge in [0.15, 0.2) is 0 Å². The number of rotatable bonds is 20. The molecule has 0 aromatic carbocycles. The highest BCUT2D eigenvalue weighted by Crippen LogP contribution is 2.26. The first-order valence-corrected chi connectivity index (χ1v) is 33.1. The zero-order valence-electron chi connectivity index (χ0n) is 60.9. The second-order valence-corrected chi connectivity index (χ2v) is 28.0. The van der Waals surface area contributed by atoms with Crippen molar-refractivity contribution in [1.82, 2.24) is 60.5 Å². The number of aliphatic hydroxyl groups is 1. The third kappa shape index (κ3) is 23.4. The molecular formula is C67H122N12O13. The molecule has 1 aliphatic rings. The van der Waals surface area contributed by atoms with Gasteiger partial charge in [-0.2, -0.15) is 0 Å². The van der Waals surface area contributed by atoms with Gasteiger partial charge in [-0.25, -0.2) is 0 Å². The standard InChI is InChI=1S/C67H122N12O13/c1-27-29-31-43(13)56(80)55-60(84)70-47(28-2)62(86)73(19)48(32-30-33-72(17)18)63(87)78(24)54(44(14)37-92-26)59(83)71-52(41(9)10)66(90)74(20)49(34-38(3)4)58(82)68-45(15)57(81)69-46(16)61(85)75(21)50(35-39(5)6)64(88)76(22)51(36-40(7)8)65(89)77(23)53(42(11)12)67(91)79(55)25/h27,29,38-56,80H,28,30-37H2,1-26H3,(H,68,82)(H,69,81)(H,70,84)(H,71,83)/b29-27+/t43-,44-,45+,46-,47+,48-,49+,50+,51+,52+,53+,54+,55+,56-/m1/s1. The summed E-state index contributed by atoms with van der Waals surface area (Å²) in [6, 6.07) is -14.0. The molecule has 0 aromatic rings. The second kappa shape index (κ2) is 38.8. The van der Waals surface area contributed by atoms with Gasteiger partial charge in [-0.1, -0.05) is 102 Å². The molecule has 1 rings (SSSR count). The molecule has 1 heterocycles. The summed E-state index contributed by atoms with van der Waals surface area (Å²) in [6.45, 7) is 28.4. The van der Waals surface area contributed by atoms with Gasteiger partial charge in [-0.05, 0) is 122 Å². The van der Waals surface area contributed by atoms with E-state index < -0.39 is 161 Å². The lowest BCUT2D eigenvalue weighted by atomic mass is 9.91. The molecule has 0 spiro atoms. The minimum atomic E-state index is -1.64. The average molecular weight is 1300 g/mol. The monoisotopic (exact) mass is 1300 g/mol. The largest absolute Gasteiger partial charge is 0.390 e. The number of carbonyl (C=O) groups is 11. The molecule has 0 aromatic heterocycles. The van der Waals surface area contributed by atoms with Crippen molar-refractivity contribution >= 4 is 65.0 Å². The fourth-order valence-electron chi connectivity index (χ4n) is 12.0. The Bertz CT molecular complexity index is 2490. The van der Waals surface area contributed by atoms with Gasteiger partial charge >= 0.3 is 0 Å². The molecule has 0 unspecified atom stereocenters. The van der Waals surface area contributed by atoms with Gasteiger partial charge in [0.25, 0.3) is 0 Å². The second-order valence-electron chi connectivity index (χ2n) is 28.0. The van der Waals surface area contributed by atoms with Crippen LogP contribution in [0.5, 0.6) is 0 Å². The van der Waals surface area contributed by atoms with E-state index in [1.807, 2.05) is 66.6 Å². The van der Waals surface area contributed by atoms with Gasteiger partial charge in [0, 0.05) is 62.4 Å². The highest BCUT2D eigenvalue weighted by Gasteiger charge is 2.47. The quantitative estimate of drug-likeness (QED) is 0.110. The maximum absolute atomic E-state index is 15.3. The molecule has 1 saturated heterocycles. The highest BCUT2D eigenvalue weighted by atomic mass is 16.5. The van der Waals surface area contributed by atoms with Crippen LogP contribution >= 0.6 is 0 Å². The minimum absolute atomic E-state index is 0.00298. The van der Waals surface area contributed by atoms with Crippen LogP contribution in [0.2, 0.25) is 0 Å². The van der Waals surface area contributed by atoms with Crippen LogP contribution in [-0.2, 0) is 57.5 Å². The molecule has 0 saturated carbocycles. The Kier molecular flexibility index (Phi) is 35.4. The predicted octanol–water partition coefficient (Wildman–Crippen LogP) is 3.22. The van der Waals surface area contributed by atoms with Crippen LogP contribution in [0.4, 0.5) is 0 Å². The van der Waals surface area contributed by atoms with Crippen LogP contribution < -0.4 is 21.3 Å². The topological polar surface area (TPSA) is 291 Å². The van der Waals surface area contributed by atoms with E-state index in [0.29, 0.717) is 19.4 Å². The van der Waals surface area contributed by atoms with E-state index in [2.05, 4.69) is 21.3 Å². The fraction of sp³-hybridized carbons (Fsp3) is 0.806. The summed E-state index contributed by atoms with van der Waals surface area (Å²) in [7, 11) is 15.2. The number of nitrogens with zero attached hydrogens (tertiary/aromatic N) is 8. The van der Waals surface area contributed by atoms with E-state index in [1.54, 1.807) is 61.5 Å². The lowest BCUT2D eigenvalue weighted by molar-refractivity contribution is -0.157. The zero-order chi connectivity index (χ0) is 71.3. The first-order chi connectivity index (χ1) is 42.6. The molecule has 0 aliphatic carbocycles. The summed E-state index contributed by atoms with van der Waals surface area (Å²) < 4.78 is 5.54. The van der Waals surface area contributed by atoms with Crippen molar-refractivity contribution in [3.63, 3.8) is 0 Å². The van der Waals surface area contributed by atoms with Crippen molar-refractivity contribution in [2.45, 2.75) is 228 Å². The Balaban J connectivity index is 4.56. The first kappa shape index (κ1) is 83.8. The predicted molar refractivity (Wildman–Crippen MR) is 357 cm³/mol. The van der Waals surface area contributed by atoms with Crippen molar-refractivity contribution in [1.29, 1.82) is 0 Å². The van der Waals surface area contributed by atoms with E-state index >= 15 is 28.8 Å². The SMILES string of the molecule is C/C=C/C[C@@H](C)[C@@H](O)[C@H]1C(=O)N[C@@H](CC)C(=O)N(C)[C@H](CCCN(C)C)C(=O)N(C)[C@@H]([C@H](C)COC)C(=O)N[C@@H](C(C)C)C(=O)N(C)[C@@H](CC(C)C)C(=O)N[C@@H](C)C(=O)N[C@H](C)C(=O)N(C)[C@@H](CC(C)C)C(=O)N(C)[C@@H](CC(C)C)C(=O)N(C)[C@@H](C(C)C)C(=O)N1C. The third-order valence-corrected chi connectivity index (χ3v) is 17.7. The molecular weight excluding hydrogens is 1180 g/mol. The van der Waals surface area contributed by atoms with Gasteiger partial charge in [0.2, 0.25) is 65.0 Å². The van der Waals surface area contributed by atoms with Crippen LogP contribution in [0, 0.1) is 41.4 Å². The van der Waals surface area contributed by atoms with Gasteiger partial charge in [0.05, 0.1) is 12.7 Å². The molecule has 14 atom stereocenters. The number of hydrogen-bond acceptors (Lipinski definition) is 14. The molecule has 1 aliphatic heterocycles. The number of likely N-dealkylation sites (N-methyl/N-ethyl adjacent to an activating group) is 7. The van der Waals surface area contributed by atoms with Crippen molar-refractivity contribution in [2.24, 2.45) is 41.4 Å². The molecule has 1 fully saturated rings. The number of allylic oxidation sites excluding steroid dienone is 2. The Morgan fingerprint density at radius 3 is 1.40 bits per heavy atom.